The van der Waals surface area contributed by atoms with E-state index in [1.165, 1.54) is 0 Å². The molecule has 3 aromatic rings. The first-order valence-electron chi connectivity index (χ1n) is 10.2. The quantitative estimate of drug-likeness (QED) is 0.472. The molecule has 0 bridgehead atoms. The van der Waals surface area contributed by atoms with Crippen LogP contribution in [-0.4, -0.2) is 45.1 Å². The van der Waals surface area contributed by atoms with Crippen molar-refractivity contribution >= 4 is 18.2 Å². The van der Waals surface area contributed by atoms with Gasteiger partial charge in [0.15, 0.2) is 12.4 Å². The van der Waals surface area contributed by atoms with Gasteiger partial charge in [-0.2, -0.15) is 0 Å². The van der Waals surface area contributed by atoms with Crippen LogP contribution in [0.4, 0.5) is 0 Å². The molecule has 1 heterocycles. The van der Waals surface area contributed by atoms with Gasteiger partial charge in [-0.15, -0.1) is 0 Å². The zero-order chi connectivity index (χ0) is 23.4. The number of aliphatic hydroxyl groups excluding tert-OH is 1. The Morgan fingerprint density at radius 3 is 2.31 bits per heavy atom. The Hall–Kier alpha value is -3.71. The van der Waals surface area contributed by atoms with Crippen LogP contribution in [0.2, 0.25) is 0 Å². The second-order valence-corrected chi connectivity index (χ2v) is 7.83. The smallest absolute Gasteiger partial charge is 0.334 e. The van der Waals surface area contributed by atoms with E-state index < -0.39 is 24.0 Å². The summed E-state index contributed by atoms with van der Waals surface area (Å²) in [5, 5.41) is 22.1. The topological polar surface area (TPSA) is 109 Å². The molecule has 0 unspecified atom stereocenters. The fourth-order valence-corrected chi connectivity index (χ4v) is 3.86. The van der Waals surface area contributed by atoms with E-state index in [2.05, 4.69) is 5.32 Å². The van der Waals surface area contributed by atoms with E-state index in [1.54, 1.807) is 18.2 Å². The molecular weight excluding hydrogens is 408 g/mol. The first-order valence-corrected chi connectivity index (χ1v) is 10.2. The van der Waals surface area contributed by atoms with Crippen LogP contribution in [0.1, 0.15) is 43.2 Å². The number of hydrogen-bond acceptors (Lipinski definition) is 4. The zero-order valence-corrected chi connectivity index (χ0v) is 18.2. The predicted octanol–water partition coefficient (Wildman–Crippen LogP) is 3.00. The zero-order valence-electron chi connectivity index (χ0n) is 18.2. The molecule has 0 saturated heterocycles. The van der Waals surface area contributed by atoms with Gasteiger partial charge in [-0.25, -0.2) is 4.79 Å². The number of carbonyl (C=O) groups is 3. The Labute approximate surface area is 186 Å². The molecule has 2 aromatic carbocycles. The monoisotopic (exact) mass is 434 g/mol. The first-order chi connectivity index (χ1) is 15.2. The van der Waals surface area contributed by atoms with Gasteiger partial charge in [0.1, 0.15) is 0 Å². The summed E-state index contributed by atoms with van der Waals surface area (Å²) in [6.45, 7) is 5.62. The highest BCUT2D eigenvalue weighted by molar-refractivity contribution is 5.95. The highest BCUT2D eigenvalue weighted by atomic mass is 16.4. The maximum Gasteiger partial charge on any atom is 0.334 e. The lowest BCUT2D eigenvalue weighted by molar-refractivity contribution is -0.148. The third-order valence-electron chi connectivity index (χ3n) is 5.55. The van der Waals surface area contributed by atoms with Crippen molar-refractivity contribution in [2.24, 2.45) is 0 Å². The van der Waals surface area contributed by atoms with E-state index in [9.17, 15) is 24.6 Å². The molecule has 0 saturated carbocycles. The van der Waals surface area contributed by atoms with Gasteiger partial charge in [-0.05, 0) is 62.6 Å². The predicted molar refractivity (Wildman–Crippen MR) is 120 cm³/mol. The number of aliphatic hydroxyl groups is 1. The van der Waals surface area contributed by atoms with Gasteiger partial charge in [0.05, 0.1) is 6.04 Å². The van der Waals surface area contributed by atoms with Gasteiger partial charge < -0.3 is 20.1 Å². The highest BCUT2D eigenvalue weighted by Gasteiger charge is 2.28. The van der Waals surface area contributed by atoms with Crippen molar-refractivity contribution in [3.63, 3.8) is 0 Å². The minimum Gasteiger partial charge on any atom is -0.479 e. The van der Waals surface area contributed by atoms with Crippen LogP contribution in [0.25, 0.3) is 5.69 Å². The molecule has 7 heteroatoms. The van der Waals surface area contributed by atoms with Crippen LogP contribution < -0.4 is 5.32 Å². The molecule has 0 fully saturated rings. The average Bonchev–Trinajstić information content (AvgIpc) is 3.06. The minimum absolute atomic E-state index is 0.174. The van der Waals surface area contributed by atoms with Crippen LogP contribution >= 0.6 is 0 Å². The van der Waals surface area contributed by atoms with Gasteiger partial charge in [0, 0.05) is 28.2 Å². The summed E-state index contributed by atoms with van der Waals surface area (Å²) < 4.78 is 1.95. The number of rotatable bonds is 8. The number of benzene rings is 2. The molecule has 7 nitrogen and oxygen atoms in total. The van der Waals surface area contributed by atoms with Crippen LogP contribution in [0.15, 0.2) is 54.6 Å². The lowest BCUT2D eigenvalue weighted by Gasteiger charge is -2.22. The number of nitrogens with one attached hydrogen (secondary N) is 1. The van der Waals surface area contributed by atoms with E-state index in [-0.39, 0.29) is 6.42 Å². The van der Waals surface area contributed by atoms with Crippen molar-refractivity contribution in [2.75, 3.05) is 0 Å². The van der Waals surface area contributed by atoms with Gasteiger partial charge in [0.25, 0.3) is 5.91 Å². The number of aryl methyl sites for hydroxylation is 2. The van der Waals surface area contributed by atoms with Crippen molar-refractivity contribution in [3.8, 4) is 5.69 Å². The summed E-state index contributed by atoms with van der Waals surface area (Å²) in [5.41, 5.74) is 5.12. The van der Waals surface area contributed by atoms with Crippen molar-refractivity contribution in [3.05, 3.63) is 88.2 Å². The molecule has 0 aliphatic carbocycles. The summed E-state index contributed by atoms with van der Waals surface area (Å²) >= 11 is 0. The van der Waals surface area contributed by atoms with E-state index in [4.69, 9.17) is 0 Å². The Bertz CT molecular complexity index is 1150. The third kappa shape index (κ3) is 4.78. The Balaban J connectivity index is 1.86. The fraction of sp³-hybridized carbons (Fsp3) is 0.240. The largest absolute Gasteiger partial charge is 0.479 e. The molecule has 1 amide bonds. The number of hydrogen-bond donors (Lipinski definition) is 3. The Morgan fingerprint density at radius 2 is 1.75 bits per heavy atom. The van der Waals surface area contributed by atoms with Crippen molar-refractivity contribution in [1.29, 1.82) is 0 Å². The van der Waals surface area contributed by atoms with Crippen LogP contribution in [-0.2, 0) is 11.2 Å². The van der Waals surface area contributed by atoms with Crippen LogP contribution in [0.5, 0.6) is 0 Å². The second kappa shape index (κ2) is 9.62. The minimum atomic E-state index is -1.74. The SMILES string of the molecule is Cc1cc(C(=O)N[C@H](Cc2ccccc2)[C@@H](O)C(=O)O)ccc1-n1c(C)cc(C=O)c1C. The molecule has 0 aliphatic rings. The summed E-state index contributed by atoms with van der Waals surface area (Å²) in [6.07, 6.45) is -0.754. The van der Waals surface area contributed by atoms with E-state index >= 15 is 0 Å². The molecule has 32 heavy (non-hydrogen) atoms. The lowest BCUT2D eigenvalue weighted by atomic mass is 10.0. The third-order valence-corrected chi connectivity index (χ3v) is 5.55. The Kier molecular flexibility index (Phi) is 6.90. The van der Waals surface area contributed by atoms with Crippen LogP contribution in [0.3, 0.4) is 0 Å². The lowest BCUT2D eigenvalue weighted by Crippen LogP contribution is -2.48. The van der Waals surface area contributed by atoms with E-state index in [0.717, 1.165) is 34.5 Å². The standard InChI is InChI=1S/C25H26N2O5/c1-15-11-19(9-10-22(15)27-16(2)12-20(14-28)17(27)3)24(30)26-21(23(29)25(31)32)13-18-7-5-4-6-8-18/h4-12,14,21,23,29H,13H2,1-3H3,(H,26,30)(H,31,32)/t21-,23-/m1/s1. The number of nitrogens with zero attached hydrogens (tertiary/aromatic N) is 1. The molecular formula is C25H26N2O5. The normalized spacial score (nSPS) is 12.8. The summed E-state index contributed by atoms with van der Waals surface area (Å²) in [5.74, 6) is -1.88. The molecule has 0 aliphatic heterocycles. The van der Waals surface area contributed by atoms with E-state index in [1.807, 2.05) is 61.7 Å². The highest BCUT2D eigenvalue weighted by Crippen LogP contribution is 2.23. The number of aromatic nitrogens is 1. The van der Waals surface area contributed by atoms with E-state index in [0.29, 0.717) is 11.1 Å². The van der Waals surface area contributed by atoms with Gasteiger partial charge in [-0.1, -0.05) is 30.3 Å². The number of carboxylic acids is 1. The molecule has 166 valence electrons. The Morgan fingerprint density at radius 1 is 1.06 bits per heavy atom. The second-order valence-electron chi connectivity index (χ2n) is 7.83. The van der Waals surface area contributed by atoms with Crippen molar-refractivity contribution in [2.45, 2.75) is 39.3 Å². The number of carboxylic acid groups (broad SMARTS) is 1. The number of amides is 1. The summed E-state index contributed by atoms with van der Waals surface area (Å²) in [7, 11) is 0. The first kappa shape index (κ1) is 23.0. The number of aldehydes is 1. The van der Waals surface area contributed by atoms with Gasteiger partial charge in [0.2, 0.25) is 0 Å². The maximum absolute atomic E-state index is 12.9. The molecule has 3 N–H and O–H groups in total. The molecule has 2 atom stereocenters. The van der Waals surface area contributed by atoms with Gasteiger partial charge in [-0.3, -0.25) is 9.59 Å². The average molecular weight is 434 g/mol. The van der Waals surface area contributed by atoms with Crippen molar-refractivity contribution < 1.29 is 24.6 Å². The number of carbonyl (C=O) groups excluding carboxylic acids is 2. The molecule has 0 spiro atoms. The fourth-order valence-electron chi connectivity index (χ4n) is 3.86. The van der Waals surface area contributed by atoms with Crippen molar-refractivity contribution in [1.82, 2.24) is 9.88 Å². The maximum atomic E-state index is 12.9. The van der Waals surface area contributed by atoms with Crippen LogP contribution in [0, 0.1) is 20.8 Å². The van der Waals surface area contributed by atoms with Gasteiger partial charge >= 0.3 is 5.97 Å². The summed E-state index contributed by atoms with van der Waals surface area (Å²) in [4.78, 5) is 35.5. The molecule has 3 rings (SSSR count). The molecule has 0 radical (unpaired) electrons. The summed E-state index contributed by atoms with van der Waals surface area (Å²) in [6, 6.07) is 15.0. The molecule has 1 aromatic heterocycles. The number of aliphatic carboxylic acids is 1.